The maximum atomic E-state index is 12.6. The van der Waals surface area contributed by atoms with Gasteiger partial charge in [0.25, 0.3) is 0 Å². The van der Waals surface area contributed by atoms with E-state index in [1.807, 2.05) is 36.6 Å². The van der Waals surface area contributed by atoms with Gasteiger partial charge < -0.3 is 27.2 Å². The molecule has 0 unspecified atom stereocenters. The second kappa shape index (κ2) is 12.8. The minimum atomic E-state index is -1.28. The molecular formula is C19H28N4O5S. The molecule has 10 heteroatoms. The number of aliphatic carboxylic acids is 1. The van der Waals surface area contributed by atoms with Crippen LogP contribution in [0.3, 0.4) is 0 Å². The Morgan fingerprint density at radius 2 is 1.66 bits per heavy atom. The lowest BCUT2D eigenvalue weighted by atomic mass is 10.1. The number of carbonyl (C=O) groups is 4. The van der Waals surface area contributed by atoms with Crippen molar-refractivity contribution in [3.05, 3.63) is 35.9 Å². The summed E-state index contributed by atoms with van der Waals surface area (Å²) in [7, 11) is 0. The highest BCUT2D eigenvalue weighted by Crippen LogP contribution is 2.06. The molecule has 0 fully saturated rings. The lowest BCUT2D eigenvalue weighted by Gasteiger charge is -2.22. The normalized spacial score (nSPS) is 13.7. The summed E-state index contributed by atoms with van der Waals surface area (Å²) in [6.45, 7) is 0. The Balaban J connectivity index is 2.75. The number of nitrogens with two attached hydrogens (primary N) is 2. The smallest absolute Gasteiger partial charge is 0.326 e. The van der Waals surface area contributed by atoms with E-state index < -0.39 is 41.8 Å². The van der Waals surface area contributed by atoms with Crippen molar-refractivity contribution in [1.29, 1.82) is 0 Å². The lowest BCUT2D eigenvalue weighted by molar-refractivity contribution is -0.142. The number of primary amides is 1. The number of nitrogens with one attached hydrogen (secondary N) is 2. The van der Waals surface area contributed by atoms with Gasteiger partial charge in [-0.2, -0.15) is 11.8 Å². The Labute approximate surface area is 174 Å². The third-order valence-corrected chi connectivity index (χ3v) is 4.82. The average molecular weight is 425 g/mol. The fourth-order valence-corrected chi connectivity index (χ4v) is 3.03. The topological polar surface area (TPSA) is 165 Å². The maximum Gasteiger partial charge on any atom is 0.326 e. The van der Waals surface area contributed by atoms with E-state index in [0.717, 1.165) is 5.56 Å². The Bertz CT molecular complexity index is 701. The highest BCUT2D eigenvalue weighted by molar-refractivity contribution is 7.98. The molecule has 0 bridgehead atoms. The predicted molar refractivity (Wildman–Crippen MR) is 111 cm³/mol. The van der Waals surface area contributed by atoms with Gasteiger partial charge in [0, 0.05) is 6.42 Å². The molecule has 0 spiro atoms. The molecule has 0 saturated carbocycles. The van der Waals surface area contributed by atoms with E-state index in [-0.39, 0.29) is 12.8 Å². The van der Waals surface area contributed by atoms with Crippen molar-refractivity contribution < 1.29 is 24.3 Å². The molecule has 0 heterocycles. The molecule has 0 saturated heterocycles. The molecule has 160 valence electrons. The van der Waals surface area contributed by atoms with E-state index in [2.05, 4.69) is 10.6 Å². The Morgan fingerprint density at radius 3 is 2.21 bits per heavy atom. The number of carbonyl (C=O) groups excluding carboxylic acids is 3. The number of rotatable bonds is 13. The second-order valence-electron chi connectivity index (χ2n) is 6.54. The molecule has 0 aliphatic carbocycles. The Hall–Kier alpha value is -2.59. The van der Waals surface area contributed by atoms with Crippen molar-refractivity contribution in [2.45, 2.75) is 43.8 Å². The van der Waals surface area contributed by atoms with Crippen molar-refractivity contribution in [2.24, 2.45) is 11.5 Å². The SMILES string of the molecule is CSCC[C@H](NC(=O)[C@@H](N)Cc1ccccc1)C(=O)N[C@@H](CCC(N)=O)C(=O)O. The van der Waals surface area contributed by atoms with Gasteiger partial charge in [-0.05, 0) is 36.8 Å². The van der Waals surface area contributed by atoms with Crippen molar-refractivity contribution in [3.63, 3.8) is 0 Å². The van der Waals surface area contributed by atoms with Crippen LogP contribution in [0.4, 0.5) is 0 Å². The van der Waals surface area contributed by atoms with Crippen LogP contribution in [-0.2, 0) is 25.6 Å². The summed E-state index contributed by atoms with van der Waals surface area (Å²) in [5.41, 5.74) is 11.9. The summed E-state index contributed by atoms with van der Waals surface area (Å²) in [5.74, 6) is -2.51. The largest absolute Gasteiger partial charge is 0.480 e. The number of carboxylic acid groups (broad SMARTS) is 1. The number of benzene rings is 1. The van der Waals surface area contributed by atoms with Gasteiger partial charge in [0.05, 0.1) is 6.04 Å². The van der Waals surface area contributed by atoms with Crippen LogP contribution >= 0.6 is 11.8 Å². The zero-order chi connectivity index (χ0) is 21.8. The van der Waals surface area contributed by atoms with Gasteiger partial charge in [0.1, 0.15) is 12.1 Å². The molecule has 7 N–H and O–H groups in total. The second-order valence-corrected chi connectivity index (χ2v) is 7.53. The monoisotopic (exact) mass is 424 g/mol. The summed E-state index contributed by atoms with van der Waals surface area (Å²) >= 11 is 1.48. The average Bonchev–Trinajstić information content (AvgIpc) is 2.68. The first-order valence-electron chi connectivity index (χ1n) is 9.14. The highest BCUT2D eigenvalue weighted by Gasteiger charge is 2.28. The number of amides is 3. The zero-order valence-electron chi connectivity index (χ0n) is 16.3. The molecule has 1 aromatic rings. The molecular weight excluding hydrogens is 396 g/mol. The summed E-state index contributed by atoms with van der Waals surface area (Å²) in [5, 5.41) is 14.2. The molecule has 3 amide bonds. The van der Waals surface area contributed by atoms with E-state index in [1.54, 1.807) is 0 Å². The lowest BCUT2D eigenvalue weighted by Crippen LogP contribution is -2.55. The van der Waals surface area contributed by atoms with Gasteiger partial charge in [0.2, 0.25) is 17.7 Å². The van der Waals surface area contributed by atoms with Gasteiger partial charge in [-0.3, -0.25) is 14.4 Å². The molecule has 0 aliphatic heterocycles. The van der Waals surface area contributed by atoms with Gasteiger partial charge in [-0.15, -0.1) is 0 Å². The number of thioether (sulfide) groups is 1. The summed E-state index contributed by atoms with van der Waals surface area (Å²) in [6, 6.07) is 6.16. The summed E-state index contributed by atoms with van der Waals surface area (Å²) in [4.78, 5) is 47.3. The Morgan fingerprint density at radius 1 is 1.03 bits per heavy atom. The zero-order valence-corrected chi connectivity index (χ0v) is 17.1. The maximum absolute atomic E-state index is 12.6. The van der Waals surface area contributed by atoms with E-state index in [9.17, 15) is 24.3 Å². The third-order valence-electron chi connectivity index (χ3n) is 4.17. The number of hydrogen-bond donors (Lipinski definition) is 5. The van der Waals surface area contributed by atoms with E-state index in [1.165, 1.54) is 11.8 Å². The molecule has 29 heavy (non-hydrogen) atoms. The summed E-state index contributed by atoms with van der Waals surface area (Å²) < 4.78 is 0. The molecule has 1 aromatic carbocycles. The highest BCUT2D eigenvalue weighted by atomic mass is 32.2. The van der Waals surface area contributed by atoms with Crippen LogP contribution in [0.2, 0.25) is 0 Å². The quantitative estimate of drug-likeness (QED) is 0.288. The molecule has 0 radical (unpaired) electrons. The van der Waals surface area contributed by atoms with Crippen LogP contribution < -0.4 is 22.1 Å². The number of hydrogen-bond acceptors (Lipinski definition) is 6. The molecule has 1 rings (SSSR count). The van der Waals surface area contributed by atoms with Gasteiger partial charge in [-0.25, -0.2) is 4.79 Å². The van der Waals surface area contributed by atoms with Crippen LogP contribution in [0, 0.1) is 0 Å². The van der Waals surface area contributed by atoms with Crippen molar-refractivity contribution in [2.75, 3.05) is 12.0 Å². The molecule has 0 aromatic heterocycles. The minimum absolute atomic E-state index is 0.132. The Kier molecular flexibility index (Phi) is 10.8. The number of carboxylic acids is 1. The standard InChI is InChI=1S/C19H28N4O5S/c1-29-10-9-14(18(26)23-15(19(27)28)7-8-16(21)24)22-17(25)13(20)11-12-5-3-2-4-6-12/h2-6,13-15H,7-11,20H2,1H3,(H2,21,24)(H,22,25)(H,23,26)(H,27,28)/t13-,14-,15-/m0/s1. The van der Waals surface area contributed by atoms with E-state index in [4.69, 9.17) is 11.5 Å². The summed E-state index contributed by atoms with van der Waals surface area (Å²) in [6.07, 6.45) is 2.15. The van der Waals surface area contributed by atoms with Crippen molar-refractivity contribution in [3.8, 4) is 0 Å². The van der Waals surface area contributed by atoms with Crippen molar-refractivity contribution >= 4 is 35.5 Å². The van der Waals surface area contributed by atoms with Crippen LogP contribution in [0.15, 0.2) is 30.3 Å². The van der Waals surface area contributed by atoms with Crippen molar-refractivity contribution in [1.82, 2.24) is 10.6 Å². The van der Waals surface area contributed by atoms with Crippen LogP contribution in [0.1, 0.15) is 24.8 Å². The first-order chi connectivity index (χ1) is 13.7. The van der Waals surface area contributed by atoms with Gasteiger partial charge in [0.15, 0.2) is 0 Å². The first-order valence-corrected chi connectivity index (χ1v) is 10.5. The van der Waals surface area contributed by atoms with Crippen LogP contribution in [0.5, 0.6) is 0 Å². The van der Waals surface area contributed by atoms with E-state index in [0.29, 0.717) is 18.6 Å². The first kappa shape index (κ1) is 24.4. The van der Waals surface area contributed by atoms with E-state index >= 15 is 0 Å². The van der Waals surface area contributed by atoms with Gasteiger partial charge >= 0.3 is 5.97 Å². The van der Waals surface area contributed by atoms with Crippen LogP contribution in [0.25, 0.3) is 0 Å². The fraction of sp³-hybridized carbons (Fsp3) is 0.474. The third kappa shape index (κ3) is 9.44. The molecule has 3 atom stereocenters. The minimum Gasteiger partial charge on any atom is -0.480 e. The molecule has 0 aliphatic rings. The fourth-order valence-electron chi connectivity index (χ4n) is 2.56. The molecule has 9 nitrogen and oxygen atoms in total. The van der Waals surface area contributed by atoms with Gasteiger partial charge in [-0.1, -0.05) is 30.3 Å². The predicted octanol–water partition coefficient (Wildman–Crippen LogP) is -0.371. The van der Waals surface area contributed by atoms with Crippen LogP contribution in [-0.4, -0.2) is 58.9 Å².